The zero-order valence-electron chi connectivity index (χ0n) is 22.6. The summed E-state index contributed by atoms with van der Waals surface area (Å²) in [6.45, 7) is 23.2. The van der Waals surface area contributed by atoms with Gasteiger partial charge in [0.25, 0.3) is 0 Å². The van der Waals surface area contributed by atoms with Gasteiger partial charge >= 0.3 is 17.9 Å². The van der Waals surface area contributed by atoms with Gasteiger partial charge in [-0.15, -0.1) is 0 Å². The molecule has 0 spiro atoms. The Morgan fingerprint density at radius 1 is 0.692 bits per heavy atom. The quantitative estimate of drug-likeness (QED) is 0.129. The first-order valence-electron chi connectivity index (χ1n) is 12.2. The van der Waals surface area contributed by atoms with Crippen LogP contribution < -0.4 is 18.9 Å². The minimum atomic E-state index is -0.636. The summed E-state index contributed by atoms with van der Waals surface area (Å²) in [6, 6.07) is 6.44. The van der Waals surface area contributed by atoms with Crippen LogP contribution in [0.4, 0.5) is 0 Å². The topological polar surface area (TPSA) is 101 Å². The predicted molar refractivity (Wildman–Crippen MR) is 145 cm³/mol. The summed E-state index contributed by atoms with van der Waals surface area (Å²) in [5.41, 5.74) is 4.12. The van der Waals surface area contributed by atoms with E-state index in [1.54, 1.807) is 25.1 Å². The third-order valence-corrected chi connectivity index (χ3v) is 6.24. The fourth-order valence-corrected chi connectivity index (χ4v) is 4.22. The fraction of sp³-hybridized carbons (Fsp3) is 0.258. The highest BCUT2D eigenvalue weighted by atomic mass is 16.8. The molecule has 1 aliphatic carbocycles. The van der Waals surface area contributed by atoms with E-state index < -0.39 is 24.2 Å². The molecule has 0 N–H and O–H groups in total. The molecule has 202 valence electrons. The number of esters is 3. The summed E-state index contributed by atoms with van der Waals surface area (Å²) in [5, 5.41) is 0. The van der Waals surface area contributed by atoms with Gasteiger partial charge in [-0.05, 0) is 56.5 Å². The van der Waals surface area contributed by atoms with Gasteiger partial charge in [0.1, 0.15) is 29.1 Å². The van der Waals surface area contributed by atoms with Gasteiger partial charge in [0, 0.05) is 45.9 Å². The molecule has 8 heteroatoms. The highest BCUT2D eigenvalue weighted by Crippen LogP contribution is 2.55. The molecule has 39 heavy (non-hydrogen) atoms. The van der Waals surface area contributed by atoms with Crippen molar-refractivity contribution in [1.29, 1.82) is 0 Å². The Kier molecular flexibility index (Phi) is 7.35. The number of carbonyl (C=O) groups is 3. The summed E-state index contributed by atoms with van der Waals surface area (Å²) in [4.78, 5) is 37.2. The Morgan fingerprint density at radius 2 is 1.13 bits per heavy atom. The maximum atomic E-state index is 12.5. The first-order valence-corrected chi connectivity index (χ1v) is 12.2. The molecule has 3 atom stereocenters. The number of hydrogen-bond donors (Lipinski definition) is 0. The maximum absolute atomic E-state index is 12.5. The smallest absolute Gasteiger partial charge is 0.338 e. The van der Waals surface area contributed by atoms with E-state index in [4.69, 9.17) is 23.7 Å². The predicted octanol–water partition coefficient (Wildman–Crippen LogP) is 5.94. The van der Waals surface area contributed by atoms with Crippen LogP contribution in [-0.4, -0.2) is 30.3 Å². The van der Waals surface area contributed by atoms with Crippen LogP contribution in [0.5, 0.6) is 23.0 Å². The summed E-state index contributed by atoms with van der Waals surface area (Å²) in [5.74, 6) is -1.21. The van der Waals surface area contributed by atoms with Gasteiger partial charge in [-0.1, -0.05) is 33.2 Å². The van der Waals surface area contributed by atoms with E-state index in [0.717, 1.165) is 11.1 Å². The first-order chi connectivity index (χ1) is 18.3. The third-order valence-electron chi connectivity index (χ3n) is 6.24. The Morgan fingerprint density at radius 3 is 1.56 bits per heavy atom. The van der Waals surface area contributed by atoms with Crippen LogP contribution in [0.1, 0.15) is 51.7 Å². The Balaban J connectivity index is 1.89. The lowest BCUT2D eigenvalue weighted by Gasteiger charge is -2.16. The Labute approximate surface area is 227 Å². The molecular formula is C31H30O8. The molecule has 0 amide bonds. The van der Waals surface area contributed by atoms with E-state index in [9.17, 15) is 14.4 Å². The number of rotatable bonds is 9. The number of hydrogen-bond acceptors (Lipinski definition) is 8. The van der Waals surface area contributed by atoms with Gasteiger partial charge in [-0.25, -0.2) is 14.4 Å². The highest BCUT2D eigenvalue weighted by molar-refractivity contribution is 5.93. The number of epoxide rings is 1. The van der Waals surface area contributed by atoms with Gasteiger partial charge in [-0.3, -0.25) is 0 Å². The van der Waals surface area contributed by atoms with Gasteiger partial charge in [0.05, 0.1) is 0 Å². The fourth-order valence-electron chi connectivity index (χ4n) is 4.22. The van der Waals surface area contributed by atoms with Crippen LogP contribution in [0.25, 0.3) is 11.1 Å². The lowest BCUT2D eigenvalue weighted by molar-refractivity contribution is -0.131. The van der Waals surface area contributed by atoms with Gasteiger partial charge in [-0.2, -0.15) is 0 Å². The third kappa shape index (κ3) is 5.56. The molecule has 1 fully saturated rings. The molecule has 2 unspecified atom stereocenters. The molecule has 4 rings (SSSR count). The summed E-state index contributed by atoms with van der Waals surface area (Å²) >= 11 is 0. The van der Waals surface area contributed by atoms with Crippen molar-refractivity contribution in [3.05, 3.63) is 84.0 Å². The zero-order chi connectivity index (χ0) is 28.8. The Hall–Kier alpha value is -4.43. The second-order valence-electron chi connectivity index (χ2n) is 9.89. The van der Waals surface area contributed by atoms with E-state index in [2.05, 4.69) is 26.3 Å². The normalized spacial score (nSPS) is 18.2. The lowest BCUT2D eigenvalue weighted by Crippen LogP contribution is -2.12. The molecule has 1 aliphatic heterocycles. The van der Waals surface area contributed by atoms with Crippen molar-refractivity contribution in [3.63, 3.8) is 0 Å². The minimum Gasteiger partial charge on any atom is -0.461 e. The van der Waals surface area contributed by atoms with Crippen molar-refractivity contribution < 1.29 is 38.1 Å². The van der Waals surface area contributed by atoms with Crippen molar-refractivity contribution in [2.24, 2.45) is 0 Å². The minimum absolute atomic E-state index is 0.144. The van der Waals surface area contributed by atoms with Crippen LogP contribution in [0, 0.1) is 0 Å². The molecule has 2 aromatic carbocycles. The van der Waals surface area contributed by atoms with Crippen molar-refractivity contribution in [2.45, 2.75) is 52.9 Å². The van der Waals surface area contributed by atoms with Crippen LogP contribution in [-0.2, 0) is 19.1 Å². The van der Waals surface area contributed by atoms with E-state index in [1.807, 2.05) is 13.8 Å². The summed E-state index contributed by atoms with van der Waals surface area (Å²) in [6.07, 6.45) is -0.816. The van der Waals surface area contributed by atoms with Crippen LogP contribution in [0.3, 0.4) is 0 Å². The van der Waals surface area contributed by atoms with Gasteiger partial charge in [0.2, 0.25) is 6.29 Å². The number of fused-ring (bicyclic) bond motifs is 3. The van der Waals surface area contributed by atoms with E-state index >= 15 is 0 Å². The van der Waals surface area contributed by atoms with Crippen molar-refractivity contribution in [1.82, 2.24) is 0 Å². The standard InChI is InChI=1S/C31H30O8/c1-14(2)27-31(39-27)38-24-13-20(36-29(33)16(5)6)11-22-21-10-19(35-28(32)15(3)4)12-23(37-30(34)17(7)8)25(21)18(9)26(22)24/h10-13,18,27,31H,1,3,5,7H2,2,4,6,8-9H3/t18?,27?,31-/m1/s1. The molecule has 8 nitrogen and oxygen atoms in total. The molecule has 0 bridgehead atoms. The molecule has 1 heterocycles. The van der Waals surface area contributed by atoms with Gasteiger partial charge < -0.3 is 23.7 Å². The molecule has 1 saturated heterocycles. The average Bonchev–Trinajstić information content (AvgIpc) is 3.56. The Bertz CT molecular complexity index is 1480. The van der Waals surface area contributed by atoms with Crippen molar-refractivity contribution in [3.8, 4) is 34.1 Å². The number of ether oxygens (including phenoxy) is 5. The largest absolute Gasteiger partial charge is 0.461 e. The average molecular weight is 531 g/mol. The van der Waals surface area contributed by atoms with E-state index in [1.165, 1.54) is 19.9 Å². The molecule has 0 radical (unpaired) electrons. The highest BCUT2D eigenvalue weighted by Gasteiger charge is 2.44. The molecule has 0 saturated carbocycles. The summed E-state index contributed by atoms with van der Waals surface area (Å²) in [7, 11) is 0. The SMILES string of the molecule is C=C(C)C(=O)Oc1cc(OC(=O)C(=C)C)c2c(c1)-c1cc(OC(=O)C(=C)C)cc(O[C@@H]3OC3C(=C)C)c1C2C. The van der Waals surface area contributed by atoms with Crippen LogP contribution in [0.2, 0.25) is 0 Å². The zero-order valence-corrected chi connectivity index (χ0v) is 22.6. The monoisotopic (exact) mass is 530 g/mol. The van der Waals surface area contributed by atoms with E-state index in [-0.39, 0.29) is 46.0 Å². The number of carbonyl (C=O) groups excluding carboxylic acids is 3. The second-order valence-corrected chi connectivity index (χ2v) is 9.89. The van der Waals surface area contributed by atoms with Crippen LogP contribution >= 0.6 is 0 Å². The molecular weight excluding hydrogens is 500 g/mol. The maximum Gasteiger partial charge on any atom is 0.338 e. The molecule has 2 aliphatic rings. The number of benzene rings is 2. The second kappa shape index (κ2) is 10.4. The van der Waals surface area contributed by atoms with E-state index in [0.29, 0.717) is 22.4 Å². The van der Waals surface area contributed by atoms with Crippen molar-refractivity contribution in [2.75, 3.05) is 0 Å². The molecule has 2 aromatic rings. The lowest BCUT2D eigenvalue weighted by atomic mass is 9.97. The van der Waals surface area contributed by atoms with Crippen LogP contribution in [0.15, 0.2) is 72.9 Å². The van der Waals surface area contributed by atoms with Gasteiger partial charge in [0.15, 0.2) is 0 Å². The molecule has 0 aromatic heterocycles. The first kappa shape index (κ1) is 27.6. The van der Waals surface area contributed by atoms with Crippen molar-refractivity contribution >= 4 is 17.9 Å². The summed E-state index contributed by atoms with van der Waals surface area (Å²) < 4.78 is 28.5.